The molecule has 0 aromatic heterocycles. The molecule has 2 amide bonds. The van der Waals surface area contributed by atoms with Gasteiger partial charge in [0.2, 0.25) is 5.91 Å². The third-order valence-corrected chi connectivity index (χ3v) is 5.21. The van der Waals surface area contributed by atoms with Crippen LogP contribution in [-0.4, -0.2) is 42.4 Å². The highest BCUT2D eigenvalue weighted by Crippen LogP contribution is 2.24. The van der Waals surface area contributed by atoms with Crippen LogP contribution < -0.4 is 10.6 Å². The van der Waals surface area contributed by atoms with E-state index in [1.165, 1.54) is 0 Å². The van der Waals surface area contributed by atoms with Crippen LogP contribution in [0.1, 0.15) is 48.5 Å². The Hall–Kier alpha value is -1.59. The van der Waals surface area contributed by atoms with Gasteiger partial charge in [0.05, 0.1) is 0 Å². The predicted octanol–water partition coefficient (Wildman–Crippen LogP) is 2.98. The molecule has 0 bridgehead atoms. The zero-order valence-corrected chi connectivity index (χ0v) is 15.8. The first-order valence-corrected chi connectivity index (χ1v) is 8.99. The van der Waals surface area contributed by atoms with E-state index in [0.717, 1.165) is 56.6 Å². The fourth-order valence-corrected chi connectivity index (χ4v) is 3.70. The van der Waals surface area contributed by atoms with Crippen molar-refractivity contribution in [3.05, 3.63) is 29.3 Å². The van der Waals surface area contributed by atoms with Crippen molar-refractivity contribution in [2.75, 3.05) is 25.0 Å². The van der Waals surface area contributed by atoms with Crippen molar-refractivity contribution in [3.8, 4) is 0 Å². The van der Waals surface area contributed by atoms with E-state index < -0.39 is 0 Å². The molecule has 3 rings (SSSR count). The second kappa shape index (κ2) is 8.68. The standard InChI is InChI=1S/C19H27N3O2.ClH/c1-13-12-15(8-9-20-13)18(23)21-17-7-5-6-16(14(17)2)19(24)22-10-3-4-11-22;/h5-7,13,15,20H,3-4,8-12H2,1-2H3,(H,21,23);1H/t13-,15-;/m0./s1. The summed E-state index contributed by atoms with van der Waals surface area (Å²) in [5.41, 5.74) is 2.33. The van der Waals surface area contributed by atoms with Crippen LogP contribution in [0.15, 0.2) is 18.2 Å². The predicted molar refractivity (Wildman–Crippen MR) is 102 cm³/mol. The van der Waals surface area contributed by atoms with Gasteiger partial charge in [-0.05, 0) is 63.8 Å². The van der Waals surface area contributed by atoms with Gasteiger partial charge in [0.25, 0.3) is 5.91 Å². The summed E-state index contributed by atoms with van der Waals surface area (Å²) in [6, 6.07) is 5.98. The Kier molecular flexibility index (Phi) is 6.85. The van der Waals surface area contributed by atoms with Gasteiger partial charge in [-0.15, -0.1) is 12.4 Å². The third-order valence-electron chi connectivity index (χ3n) is 5.21. The second-order valence-corrected chi connectivity index (χ2v) is 7.04. The lowest BCUT2D eigenvalue weighted by atomic mass is 9.92. The van der Waals surface area contributed by atoms with Crippen LogP contribution in [0.4, 0.5) is 5.69 Å². The lowest BCUT2D eigenvalue weighted by Gasteiger charge is -2.27. The van der Waals surface area contributed by atoms with E-state index in [2.05, 4.69) is 17.6 Å². The number of hydrogen-bond donors (Lipinski definition) is 2. The summed E-state index contributed by atoms with van der Waals surface area (Å²) in [4.78, 5) is 27.1. The van der Waals surface area contributed by atoms with Gasteiger partial charge >= 0.3 is 0 Å². The Morgan fingerprint density at radius 3 is 2.64 bits per heavy atom. The zero-order valence-electron chi connectivity index (χ0n) is 15.0. The second-order valence-electron chi connectivity index (χ2n) is 7.04. The van der Waals surface area contributed by atoms with Gasteiger partial charge in [0.15, 0.2) is 0 Å². The van der Waals surface area contributed by atoms with Crippen molar-refractivity contribution in [3.63, 3.8) is 0 Å². The van der Waals surface area contributed by atoms with Gasteiger partial charge in [-0.25, -0.2) is 0 Å². The van der Waals surface area contributed by atoms with Gasteiger partial charge in [0, 0.05) is 36.3 Å². The van der Waals surface area contributed by atoms with Crippen molar-refractivity contribution >= 4 is 29.9 Å². The topological polar surface area (TPSA) is 61.4 Å². The van der Waals surface area contributed by atoms with Crippen molar-refractivity contribution in [1.82, 2.24) is 10.2 Å². The summed E-state index contributed by atoms with van der Waals surface area (Å²) in [7, 11) is 0. The van der Waals surface area contributed by atoms with Crippen molar-refractivity contribution in [2.24, 2.45) is 5.92 Å². The molecule has 0 radical (unpaired) electrons. The number of carbonyl (C=O) groups is 2. The molecular weight excluding hydrogens is 338 g/mol. The number of nitrogens with one attached hydrogen (secondary N) is 2. The SMILES string of the molecule is Cc1c(NC(=O)[C@H]2CCN[C@@H](C)C2)cccc1C(=O)N1CCCC1.Cl. The summed E-state index contributed by atoms with van der Waals surface area (Å²) in [6.07, 6.45) is 3.88. The molecule has 2 N–H and O–H groups in total. The Labute approximate surface area is 155 Å². The largest absolute Gasteiger partial charge is 0.339 e. The molecule has 2 aliphatic rings. The number of hydrogen-bond acceptors (Lipinski definition) is 3. The van der Waals surface area contributed by atoms with E-state index in [0.29, 0.717) is 11.6 Å². The minimum atomic E-state index is 0. The normalized spacial score (nSPS) is 23.0. The molecule has 2 heterocycles. The van der Waals surface area contributed by atoms with Gasteiger partial charge in [-0.1, -0.05) is 6.07 Å². The minimum Gasteiger partial charge on any atom is -0.339 e. The number of anilines is 1. The molecule has 2 atom stereocenters. The highest BCUT2D eigenvalue weighted by molar-refractivity contribution is 5.99. The summed E-state index contributed by atoms with van der Waals surface area (Å²) in [5.74, 6) is 0.187. The molecule has 6 heteroatoms. The Morgan fingerprint density at radius 1 is 1.24 bits per heavy atom. The van der Waals surface area contributed by atoms with Crippen LogP contribution in [0, 0.1) is 12.8 Å². The number of likely N-dealkylation sites (tertiary alicyclic amines) is 1. The lowest BCUT2D eigenvalue weighted by molar-refractivity contribution is -0.120. The maximum Gasteiger partial charge on any atom is 0.254 e. The smallest absolute Gasteiger partial charge is 0.254 e. The fourth-order valence-electron chi connectivity index (χ4n) is 3.70. The average molecular weight is 366 g/mol. The van der Waals surface area contributed by atoms with E-state index in [1.807, 2.05) is 30.0 Å². The number of carbonyl (C=O) groups excluding carboxylic acids is 2. The van der Waals surface area contributed by atoms with Gasteiger partial charge in [-0.2, -0.15) is 0 Å². The molecular formula is C19H28ClN3O2. The van der Waals surface area contributed by atoms with Crippen LogP contribution in [-0.2, 0) is 4.79 Å². The molecule has 2 saturated heterocycles. The fraction of sp³-hybridized carbons (Fsp3) is 0.579. The average Bonchev–Trinajstić information content (AvgIpc) is 3.10. The van der Waals surface area contributed by atoms with E-state index in [9.17, 15) is 9.59 Å². The number of benzene rings is 1. The molecule has 2 fully saturated rings. The first-order valence-electron chi connectivity index (χ1n) is 8.99. The van der Waals surface area contributed by atoms with Crippen LogP contribution in [0.5, 0.6) is 0 Å². The Balaban J connectivity index is 0.00000225. The molecule has 0 spiro atoms. The van der Waals surface area contributed by atoms with Crippen molar-refractivity contribution in [1.29, 1.82) is 0 Å². The van der Waals surface area contributed by atoms with E-state index in [4.69, 9.17) is 0 Å². The zero-order chi connectivity index (χ0) is 17.1. The summed E-state index contributed by atoms with van der Waals surface area (Å²) < 4.78 is 0. The number of amides is 2. The van der Waals surface area contributed by atoms with Gasteiger partial charge in [0.1, 0.15) is 0 Å². The highest BCUT2D eigenvalue weighted by atomic mass is 35.5. The molecule has 0 unspecified atom stereocenters. The molecule has 2 aliphatic heterocycles. The molecule has 1 aromatic carbocycles. The lowest BCUT2D eigenvalue weighted by Crippen LogP contribution is -2.40. The first kappa shape index (κ1) is 19.7. The minimum absolute atomic E-state index is 0. The summed E-state index contributed by atoms with van der Waals surface area (Å²) in [5, 5.41) is 6.42. The number of halogens is 1. The molecule has 0 saturated carbocycles. The highest BCUT2D eigenvalue weighted by Gasteiger charge is 2.26. The quantitative estimate of drug-likeness (QED) is 0.865. The Morgan fingerprint density at radius 2 is 1.96 bits per heavy atom. The molecule has 1 aromatic rings. The monoisotopic (exact) mass is 365 g/mol. The van der Waals surface area contributed by atoms with E-state index >= 15 is 0 Å². The van der Waals surface area contributed by atoms with Crippen LogP contribution in [0.25, 0.3) is 0 Å². The van der Waals surface area contributed by atoms with E-state index in [1.54, 1.807) is 0 Å². The maximum absolute atomic E-state index is 12.7. The third kappa shape index (κ3) is 4.53. The molecule has 5 nitrogen and oxygen atoms in total. The summed E-state index contributed by atoms with van der Waals surface area (Å²) in [6.45, 7) is 6.58. The molecule has 0 aliphatic carbocycles. The van der Waals surface area contributed by atoms with Crippen molar-refractivity contribution in [2.45, 2.75) is 45.6 Å². The number of rotatable bonds is 3. The number of nitrogens with zero attached hydrogens (tertiary/aromatic N) is 1. The maximum atomic E-state index is 12.7. The number of piperidine rings is 1. The van der Waals surface area contributed by atoms with Gasteiger partial charge < -0.3 is 15.5 Å². The molecule has 25 heavy (non-hydrogen) atoms. The van der Waals surface area contributed by atoms with E-state index in [-0.39, 0.29) is 30.1 Å². The van der Waals surface area contributed by atoms with Crippen LogP contribution >= 0.6 is 12.4 Å². The summed E-state index contributed by atoms with van der Waals surface area (Å²) >= 11 is 0. The van der Waals surface area contributed by atoms with Crippen LogP contribution in [0.3, 0.4) is 0 Å². The van der Waals surface area contributed by atoms with Gasteiger partial charge in [-0.3, -0.25) is 9.59 Å². The first-order chi connectivity index (χ1) is 11.6. The van der Waals surface area contributed by atoms with Crippen molar-refractivity contribution < 1.29 is 9.59 Å². The van der Waals surface area contributed by atoms with Crippen LogP contribution in [0.2, 0.25) is 0 Å². The Bertz CT molecular complexity index is 629. The molecule has 138 valence electrons.